The molecule has 1 aromatic carbocycles. The van der Waals surface area contributed by atoms with Crippen LogP contribution in [-0.2, 0) is 17.4 Å². The fourth-order valence-electron chi connectivity index (χ4n) is 3.57. The summed E-state index contributed by atoms with van der Waals surface area (Å²) in [5.41, 5.74) is 0.921. The highest BCUT2D eigenvalue weighted by Crippen LogP contribution is 2.32. The van der Waals surface area contributed by atoms with Crippen LogP contribution in [0.15, 0.2) is 42.7 Å². The van der Waals surface area contributed by atoms with Crippen molar-refractivity contribution >= 4 is 55.6 Å². The Labute approximate surface area is 213 Å². The number of H-pyrrole nitrogens is 1. The van der Waals surface area contributed by atoms with E-state index < -0.39 is 17.9 Å². The Morgan fingerprint density at radius 2 is 2.12 bits per heavy atom. The lowest BCUT2D eigenvalue weighted by molar-refractivity contribution is -0.138. The van der Waals surface area contributed by atoms with Gasteiger partial charge in [0.2, 0.25) is 11.8 Å². The van der Waals surface area contributed by atoms with E-state index in [-0.39, 0.29) is 44.7 Å². The van der Waals surface area contributed by atoms with Crippen molar-refractivity contribution in [3.8, 4) is 11.6 Å². The lowest BCUT2D eigenvalue weighted by Crippen LogP contribution is -2.38. The molecule has 2 aromatic heterocycles. The maximum atomic E-state index is 12.8. The fraction of sp³-hybridized carbons (Fsp3) is 0.318. The minimum Gasteiger partial charge on any atom is -0.439 e. The molecule has 2 atom stereocenters. The Morgan fingerprint density at radius 3 is 2.76 bits per heavy atom. The molecule has 0 bridgehead atoms. The van der Waals surface area contributed by atoms with Crippen LogP contribution in [0.1, 0.15) is 18.1 Å². The summed E-state index contributed by atoms with van der Waals surface area (Å²) in [5.74, 6) is 1.28. The number of carbonyl (C=O) groups is 1. The second-order valence-electron chi connectivity index (χ2n) is 7.53. The number of aromatic nitrogens is 2. The van der Waals surface area contributed by atoms with E-state index in [1.54, 1.807) is 34.9 Å². The van der Waals surface area contributed by atoms with E-state index in [1.165, 1.54) is 6.07 Å². The number of aromatic amines is 1. The molecular weight excluding hydrogens is 505 g/mol. The van der Waals surface area contributed by atoms with Crippen LogP contribution < -0.4 is 4.74 Å². The molecule has 34 heavy (non-hydrogen) atoms. The van der Waals surface area contributed by atoms with Crippen LogP contribution >= 0.6 is 38.8 Å². The number of rotatable bonds is 5. The summed E-state index contributed by atoms with van der Waals surface area (Å²) in [6.45, 7) is 9.11. The topological polar surface area (TPSA) is 62.6 Å². The van der Waals surface area contributed by atoms with Gasteiger partial charge in [-0.3, -0.25) is 14.5 Å². The molecule has 12 heteroatoms. The minimum absolute atomic E-state index is 0. The van der Waals surface area contributed by atoms with E-state index in [1.807, 2.05) is 13.1 Å². The number of alkyl halides is 3. The van der Waals surface area contributed by atoms with Crippen LogP contribution in [-0.4, -0.2) is 38.6 Å². The molecule has 0 aliphatic carbocycles. The molecule has 1 saturated heterocycles. The highest BCUT2D eigenvalue weighted by molar-refractivity contribution is 7.99. The SMILES string of the molecule is S.S.[C-]#[N+][C@H]1CSCN1C(=O)[C@@H](C)Cc1c[nH]c2ccc(Oc3ccc(C(F)(F)F)cn3)cc12. The van der Waals surface area contributed by atoms with Crippen LogP contribution in [0.2, 0.25) is 0 Å². The van der Waals surface area contributed by atoms with E-state index in [9.17, 15) is 18.0 Å². The van der Waals surface area contributed by atoms with Crippen LogP contribution in [0.3, 0.4) is 0 Å². The molecule has 1 fully saturated rings. The molecule has 4 rings (SSSR count). The van der Waals surface area contributed by atoms with Gasteiger partial charge < -0.3 is 9.72 Å². The second kappa shape index (κ2) is 11.3. The number of ether oxygens (including phenoxy) is 1. The highest BCUT2D eigenvalue weighted by Gasteiger charge is 2.36. The first kappa shape index (κ1) is 27.8. The van der Waals surface area contributed by atoms with Crippen LogP contribution in [0.4, 0.5) is 13.2 Å². The summed E-state index contributed by atoms with van der Waals surface area (Å²) in [7, 11) is 0. The summed E-state index contributed by atoms with van der Waals surface area (Å²) >= 11 is 1.58. The number of carbonyl (C=O) groups excluding carboxylic acids is 1. The van der Waals surface area contributed by atoms with Gasteiger partial charge in [0.25, 0.3) is 0 Å². The van der Waals surface area contributed by atoms with Crippen molar-refractivity contribution < 1.29 is 22.7 Å². The van der Waals surface area contributed by atoms with E-state index in [2.05, 4.69) is 14.8 Å². The predicted molar refractivity (Wildman–Crippen MR) is 136 cm³/mol. The van der Waals surface area contributed by atoms with Gasteiger partial charge >= 0.3 is 12.3 Å². The Balaban J connectivity index is 0.00000204. The van der Waals surface area contributed by atoms with Crippen molar-refractivity contribution in [1.82, 2.24) is 14.9 Å². The van der Waals surface area contributed by atoms with Crippen molar-refractivity contribution in [2.24, 2.45) is 5.92 Å². The second-order valence-corrected chi connectivity index (χ2v) is 8.53. The van der Waals surface area contributed by atoms with Crippen LogP contribution in [0, 0.1) is 12.5 Å². The van der Waals surface area contributed by atoms with E-state index in [4.69, 9.17) is 11.3 Å². The summed E-state index contributed by atoms with van der Waals surface area (Å²) in [4.78, 5) is 24.9. The Kier molecular flexibility index (Phi) is 9.22. The van der Waals surface area contributed by atoms with Crippen molar-refractivity contribution in [1.29, 1.82) is 0 Å². The smallest absolute Gasteiger partial charge is 0.417 e. The molecule has 0 unspecified atom stereocenters. The molecule has 3 heterocycles. The third-order valence-electron chi connectivity index (χ3n) is 5.26. The lowest BCUT2D eigenvalue weighted by atomic mass is 9.99. The average Bonchev–Trinajstić information content (AvgIpc) is 3.40. The highest BCUT2D eigenvalue weighted by atomic mass is 32.2. The summed E-state index contributed by atoms with van der Waals surface area (Å²) in [5, 5.41) is 0.853. The number of thioether (sulfide) groups is 1. The monoisotopic (exact) mass is 528 g/mol. The van der Waals surface area contributed by atoms with Gasteiger partial charge in [-0.15, -0.1) is 11.8 Å². The van der Waals surface area contributed by atoms with Crippen molar-refractivity contribution in [3.63, 3.8) is 0 Å². The number of halogens is 3. The van der Waals surface area contributed by atoms with E-state index in [0.29, 0.717) is 23.8 Å². The van der Waals surface area contributed by atoms with Crippen molar-refractivity contribution in [2.75, 3.05) is 11.6 Å². The van der Waals surface area contributed by atoms with Gasteiger partial charge in [0, 0.05) is 35.3 Å². The maximum absolute atomic E-state index is 12.8. The van der Waals surface area contributed by atoms with Crippen molar-refractivity contribution in [2.45, 2.75) is 25.7 Å². The number of nitrogens with one attached hydrogen (secondary N) is 1. The number of benzene rings is 1. The number of hydrogen-bond donors (Lipinski definition) is 1. The van der Waals surface area contributed by atoms with Gasteiger partial charge in [-0.25, -0.2) is 11.6 Å². The first-order valence-electron chi connectivity index (χ1n) is 9.82. The maximum Gasteiger partial charge on any atom is 0.417 e. The van der Waals surface area contributed by atoms with Gasteiger partial charge in [-0.2, -0.15) is 40.2 Å². The van der Waals surface area contributed by atoms with Crippen molar-refractivity contribution in [3.05, 3.63) is 65.3 Å². The minimum atomic E-state index is -4.46. The molecule has 1 aliphatic rings. The largest absolute Gasteiger partial charge is 0.439 e. The molecule has 0 saturated carbocycles. The van der Waals surface area contributed by atoms with Gasteiger partial charge in [-0.05, 0) is 36.2 Å². The van der Waals surface area contributed by atoms with Gasteiger partial charge in [0.05, 0.1) is 17.2 Å². The third-order valence-corrected chi connectivity index (χ3v) is 6.26. The van der Waals surface area contributed by atoms with Crippen LogP contribution in [0.5, 0.6) is 11.6 Å². The molecule has 182 valence electrons. The predicted octanol–water partition coefficient (Wildman–Crippen LogP) is 5.56. The first-order chi connectivity index (χ1) is 15.3. The summed E-state index contributed by atoms with van der Waals surface area (Å²) in [6, 6.07) is 7.36. The molecule has 1 amide bonds. The zero-order valence-corrected chi connectivity index (χ0v) is 20.8. The summed E-state index contributed by atoms with van der Waals surface area (Å²) in [6.07, 6.45) is -1.82. The zero-order chi connectivity index (χ0) is 22.9. The average molecular weight is 529 g/mol. The standard InChI is InChI=1S/C22H19F3N4O2S.2H2S/c1-13(21(30)29-12-32-11-19(29)26-2)7-14-9-27-18-5-4-16(8-17(14)18)31-20-6-3-15(10-28-20)22(23,24)25;;/h3-6,8-10,13,19,27H,7,11-12H2,1H3;2*1H2/t13-,19+;;/m0../s1. The van der Waals surface area contributed by atoms with Gasteiger partial charge in [-0.1, -0.05) is 6.92 Å². The lowest BCUT2D eigenvalue weighted by Gasteiger charge is -2.20. The van der Waals surface area contributed by atoms with Gasteiger partial charge in [0.15, 0.2) is 0 Å². The third kappa shape index (κ3) is 5.95. The number of nitrogens with zero attached hydrogens (tertiary/aromatic N) is 3. The molecule has 6 nitrogen and oxygen atoms in total. The van der Waals surface area contributed by atoms with Gasteiger partial charge in [0.1, 0.15) is 5.75 Å². The molecule has 0 spiro atoms. The molecular formula is C22H23F3N4O2S3. The van der Waals surface area contributed by atoms with E-state index >= 15 is 0 Å². The normalized spacial score (nSPS) is 16.3. The quantitative estimate of drug-likeness (QED) is 0.441. The zero-order valence-electron chi connectivity index (χ0n) is 18.0. The Morgan fingerprint density at radius 1 is 1.35 bits per heavy atom. The van der Waals surface area contributed by atoms with Crippen LogP contribution in [0.25, 0.3) is 15.7 Å². The number of amides is 1. The number of fused-ring (bicyclic) bond motifs is 1. The molecule has 1 N–H and O–H groups in total. The first-order valence-corrected chi connectivity index (χ1v) is 11.0. The molecule has 0 radical (unpaired) electrons. The number of hydrogen-bond acceptors (Lipinski definition) is 4. The Bertz CT molecular complexity index is 1180. The number of pyridine rings is 1. The molecule has 1 aliphatic heterocycles. The summed E-state index contributed by atoms with van der Waals surface area (Å²) < 4.78 is 43.8. The Hall–Kier alpha value is -2.49. The fourth-order valence-corrected chi connectivity index (χ4v) is 4.64. The van der Waals surface area contributed by atoms with E-state index in [0.717, 1.165) is 28.7 Å². The molecule has 3 aromatic rings.